The number of hydrogen-bond donors (Lipinski definition) is 1. The van der Waals surface area contributed by atoms with Gasteiger partial charge < -0.3 is 10.6 Å². The van der Waals surface area contributed by atoms with Gasteiger partial charge in [0.2, 0.25) is 15.9 Å². The number of halogens is 4. The Morgan fingerprint density at radius 2 is 1.69 bits per heavy atom. The summed E-state index contributed by atoms with van der Waals surface area (Å²) in [5.41, 5.74) is 5.40. The molecule has 2 N–H and O–H groups in total. The minimum absolute atomic E-state index is 0. The van der Waals surface area contributed by atoms with Crippen LogP contribution in [0.5, 0.6) is 0 Å². The van der Waals surface area contributed by atoms with E-state index in [1.807, 2.05) is 0 Å². The lowest BCUT2D eigenvalue weighted by Gasteiger charge is -2.37. The largest absolute Gasteiger partial charge is 0.402 e. The Bertz CT molecular complexity index is 524. The van der Waals surface area contributed by atoms with Crippen molar-refractivity contribution in [2.45, 2.75) is 57.2 Å². The highest BCUT2D eigenvalue weighted by Crippen LogP contribution is 2.25. The molecule has 0 spiro atoms. The van der Waals surface area contributed by atoms with Gasteiger partial charge in [0.25, 0.3) is 0 Å². The van der Waals surface area contributed by atoms with Gasteiger partial charge in [-0.2, -0.15) is 17.5 Å². The van der Waals surface area contributed by atoms with E-state index in [0.29, 0.717) is 17.3 Å². The van der Waals surface area contributed by atoms with E-state index < -0.39 is 28.8 Å². The van der Waals surface area contributed by atoms with Gasteiger partial charge in [0.1, 0.15) is 6.54 Å². The Labute approximate surface area is 159 Å². The molecule has 26 heavy (non-hydrogen) atoms. The lowest BCUT2D eigenvalue weighted by molar-refractivity contribution is -0.143. The zero-order chi connectivity index (χ0) is 19.1. The van der Waals surface area contributed by atoms with Crippen LogP contribution in [0.4, 0.5) is 13.2 Å². The van der Waals surface area contributed by atoms with Crippen LogP contribution < -0.4 is 5.73 Å². The number of hydrogen-bond acceptors (Lipinski definition) is 4. The van der Waals surface area contributed by atoms with E-state index in [2.05, 4.69) is 0 Å². The number of likely N-dealkylation sites (tertiary alicyclic amines) is 1. The number of rotatable bonds is 9. The van der Waals surface area contributed by atoms with Crippen molar-refractivity contribution in [3.05, 3.63) is 0 Å². The topological polar surface area (TPSA) is 83.7 Å². The van der Waals surface area contributed by atoms with Gasteiger partial charge in [-0.3, -0.25) is 4.79 Å². The second-order valence-corrected chi connectivity index (χ2v) is 8.42. The number of sulfonamides is 1. The number of carbonyl (C=O) groups is 1. The molecule has 1 heterocycles. The maximum Gasteiger partial charge on any atom is 0.402 e. The van der Waals surface area contributed by atoms with Crippen molar-refractivity contribution in [2.24, 2.45) is 5.73 Å². The van der Waals surface area contributed by atoms with E-state index in [9.17, 15) is 26.4 Å². The zero-order valence-corrected chi connectivity index (χ0v) is 16.6. The van der Waals surface area contributed by atoms with Gasteiger partial charge in [0.05, 0.1) is 6.26 Å². The molecular weight excluding hydrogens is 395 g/mol. The molecule has 1 aliphatic rings. The van der Waals surface area contributed by atoms with Gasteiger partial charge in [-0.1, -0.05) is 12.8 Å². The van der Waals surface area contributed by atoms with Crippen LogP contribution in [0.1, 0.15) is 44.9 Å². The van der Waals surface area contributed by atoms with Crippen LogP contribution in [0.25, 0.3) is 0 Å². The fourth-order valence-corrected chi connectivity index (χ4v) is 4.16. The summed E-state index contributed by atoms with van der Waals surface area (Å²) in [4.78, 5) is 13.7. The van der Waals surface area contributed by atoms with Crippen molar-refractivity contribution in [3.63, 3.8) is 0 Å². The van der Waals surface area contributed by atoms with E-state index in [-0.39, 0.29) is 44.2 Å². The summed E-state index contributed by atoms with van der Waals surface area (Å²) in [5.74, 6) is -0.0204. The fraction of sp³-hybridized carbons (Fsp3) is 0.933. The normalized spacial score (nSPS) is 16.6. The quantitative estimate of drug-likeness (QED) is 0.576. The summed E-state index contributed by atoms with van der Waals surface area (Å²) < 4.78 is 61.8. The molecule has 1 aliphatic heterocycles. The molecule has 0 aromatic rings. The zero-order valence-electron chi connectivity index (χ0n) is 15.0. The molecule has 1 saturated heterocycles. The van der Waals surface area contributed by atoms with Crippen LogP contribution in [-0.2, 0) is 14.8 Å². The van der Waals surface area contributed by atoms with Crippen LogP contribution in [0.15, 0.2) is 0 Å². The molecule has 0 aliphatic carbocycles. The van der Waals surface area contributed by atoms with Gasteiger partial charge in [-0.15, -0.1) is 12.4 Å². The second-order valence-electron chi connectivity index (χ2n) is 6.49. The van der Waals surface area contributed by atoms with Crippen LogP contribution in [-0.4, -0.2) is 68.2 Å². The summed E-state index contributed by atoms with van der Waals surface area (Å²) in [7, 11) is -3.96. The minimum Gasteiger partial charge on any atom is -0.343 e. The molecule has 0 atom stereocenters. The van der Waals surface area contributed by atoms with Crippen molar-refractivity contribution in [1.82, 2.24) is 9.21 Å². The Kier molecular flexibility index (Phi) is 11.1. The molecule has 11 heteroatoms. The van der Waals surface area contributed by atoms with Crippen LogP contribution in [0.3, 0.4) is 0 Å². The van der Waals surface area contributed by atoms with E-state index in [0.717, 1.165) is 31.9 Å². The van der Waals surface area contributed by atoms with Crippen LogP contribution in [0.2, 0.25) is 0 Å². The number of alkyl halides is 3. The average Bonchev–Trinajstić information content (AvgIpc) is 2.50. The van der Waals surface area contributed by atoms with E-state index >= 15 is 0 Å². The van der Waals surface area contributed by atoms with Gasteiger partial charge in [0.15, 0.2) is 0 Å². The second kappa shape index (κ2) is 11.3. The summed E-state index contributed by atoms with van der Waals surface area (Å²) in [6.45, 7) is -0.270. The molecule has 6 nitrogen and oxygen atoms in total. The van der Waals surface area contributed by atoms with Crippen molar-refractivity contribution < 1.29 is 26.4 Å². The third-order valence-corrected chi connectivity index (χ3v) is 5.61. The van der Waals surface area contributed by atoms with E-state index in [1.54, 1.807) is 4.90 Å². The Hall–Kier alpha value is -0.580. The van der Waals surface area contributed by atoms with Crippen molar-refractivity contribution in [3.8, 4) is 0 Å². The summed E-state index contributed by atoms with van der Waals surface area (Å²) in [6.07, 6.45) is 0.663. The van der Waals surface area contributed by atoms with Gasteiger partial charge in [-0.25, -0.2) is 8.42 Å². The number of carbonyl (C=O) groups excluding carboxylic acids is 1. The van der Waals surface area contributed by atoms with Gasteiger partial charge >= 0.3 is 6.18 Å². The number of unbranched alkanes of at least 4 members (excludes halogenated alkanes) is 3. The van der Waals surface area contributed by atoms with Crippen LogP contribution >= 0.6 is 12.4 Å². The monoisotopic (exact) mass is 423 g/mol. The average molecular weight is 424 g/mol. The highest BCUT2D eigenvalue weighted by Gasteiger charge is 2.39. The molecule has 0 unspecified atom stereocenters. The Balaban J connectivity index is 0.00000625. The third kappa shape index (κ3) is 9.38. The number of piperidine rings is 1. The lowest BCUT2D eigenvalue weighted by atomic mass is 10.0. The maximum absolute atomic E-state index is 12.6. The summed E-state index contributed by atoms with van der Waals surface area (Å²) in [6, 6.07) is -0.717. The summed E-state index contributed by atoms with van der Waals surface area (Å²) in [5, 5.41) is 0. The first kappa shape index (κ1) is 25.4. The summed E-state index contributed by atoms with van der Waals surface area (Å²) >= 11 is 0. The standard InChI is InChI=1S/C15H28F3N3O3S.ClH/c1-25(23,24)21(12-15(16,17)18)13-7-10-20(11-8-13)14(22)6-4-2-3-5-9-19;/h13H,2-12,19H2,1H3;1H. The molecule has 1 fully saturated rings. The first-order valence-corrected chi connectivity index (χ1v) is 10.4. The Morgan fingerprint density at radius 3 is 2.15 bits per heavy atom. The minimum atomic E-state index is -4.58. The maximum atomic E-state index is 12.6. The van der Waals surface area contributed by atoms with Crippen molar-refractivity contribution in [1.29, 1.82) is 0 Å². The molecule has 1 rings (SSSR count). The van der Waals surface area contributed by atoms with E-state index in [1.165, 1.54) is 0 Å². The van der Waals surface area contributed by atoms with Crippen LogP contribution in [0, 0.1) is 0 Å². The molecule has 156 valence electrons. The SMILES string of the molecule is CS(=O)(=O)N(CC(F)(F)F)C1CCN(C(=O)CCCCCCN)CC1.Cl. The van der Waals surface area contributed by atoms with E-state index in [4.69, 9.17) is 5.73 Å². The molecule has 0 bridgehead atoms. The molecule has 1 amide bonds. The first-order valence-electron chi connectivity index (χ1n) is 8.56. The number of nitrogens with two attached hydrogens (primary N) is 1. The number of amides is 1. The Morgan fingerprint density at radius 1 is 1.15 bits per heavy atom. The molecular formula is C15H29ClF3N3O3S. The highest BCUT2D eigenvalue weighted by molar-refractivity contribution is 7.88. The number of nitrogens with zero attached hydrogens (tertiary/aromatic N) is 2. The smallest absolute Gasteiger partial charge is 0.343 e. The van der Waals surface area contributed by atoms with Gasteiger partial charge in [-0.05, 0) is 32.2 Å². The lowest BCUT2D eigenvalue weighted by Crippen LogP contribution is -2.51. The third-order valence-electron chi connectivity index (χ3n) is 4.33. The predicted molar refractivity (Wildman–Crippen MR) is 96.6 cm³/mol. The molecule has 0 radical (unpaired) electrons. The molecule has 0 aromatic heterocycles. The first-order chi connectivity index (χ1) is 11.5. The highest BCUT2D eigenvalue weighted by atomic mass is 35.5. The van der Waals surface area contributed by atoms with Crippen molar-refractivity contribution >= 4 is 28.3 Å². The molecule has 0 aromatic carbocycles. The van der Waals surface area contributed by atoms with Gasteiger partial charge in [0, 0.05) is 25.6 Å². The molecule has 0 saturated carbocycles. The van der Waals surface area contributed by atoms with Crippen molar-refractivity contribution in [2.75, 3.05) is 32.4 Å². The fourth-order valence-electron chi connectivity index (χ4n) is 3.03. The predicted octanol–water partition coefficient (Wildman–Crippen LogP) is 2.13.